The molecule has 0 unspecified atom stereocenters. The fourth-order valence-corrected chi connectivity index (χ4v) is 2.22. The Morgan fingerprint density at radius 1 is 1.24 bits per heavy atom. The van der Waals surface area contributed by atoms with Gasteiger partial charge < -0.3 is 15.4 Å². The number of hydrogen-bond acceptors (Lipinski definition) is 3. The normalized spacial score (nSPS) is 15.3. The molecule has 21 heavy (non-hydrogen) atoms. The van der Waals surface area contributed by atoms with Crippen LogP contribution >= 0.6 is 0 Å². The van der Waals surface area contributed by atoms with Crippen LogP contribution in [0.1, 0.15) is 24.8 Å². The summed E-state index contributed by atoms with van der Waals surface area (Å²) in [6.45, 7) is 3.06. The Kier molecular flexibility index (Phi) is 4.96. The average molecular weight is 290 g/mol. The lowest BCUT2D eigenvalue weighted by molar-refractivity contribution is -0.134. The number of hydrogen-bond donors (Lipinski definition) is 2. The first-order valence-electron chi connectivity index (χ1n) is 7.24. The van der Waals surface area contributed by atoms with Crippen molar-refractivity contribution in [2.45, 2.75) is 26.2 Å². The summed E-state index contributed by atoms with van der Waals surface area (Å²) in [4.78, 5) is 24.6. The van der Waals surface area contributed by atoms with Gasteiger partial charge in [0.15, 0.2) is 0 Å². The zero-order chi connectivity index (χ0) is 15.3. The van der Waals surface area contributed by atoms with E-state index in [1.54, 1.807) is 7.11 Å². The highest BCUT2D eigenvalue weighted by Gasteiger charge is 2.56. The van der Waals surface area contributed by atoms with Crippen molar-refractivity contribution in [2.24, 2.45) is 5.41 Å². The van der Waals surface area contributed by atoms with Crippen LogP contribution in [0.4, 0.5) is 5.69 Å². The number of anilines is 1. The van der Waals surface area contributed by atoms with Crippen molar-refractivity contribution >= 4 is 17.5 Å². The summed E-state index contributed by atoms with van der Waals surface area (Å²) in [5.74, 6) is -0.384. The van der Waals surface area contributed by atoms with Crippen molar-refractivity contribution in [1.82, 2.24) is 5.32 Å². The van der Waals surface area contributed by atoms with Crippen molar-refractivity contribution in [2.75, 3.05) is 25.6 Å². The number of carbonyl (C=O) groups excluding carboxylic acids is 2. The van der Waals surface area contributed by atoms with Crippen molar-refractivity contribution in [3.05, 3.63) is 29.8 Å². The highest BCUT2D eigenvalue weighted by atomic mass is 16.5. The van der Waals surface area contributed by atoms with Gasteiger partial charge in [0.25, 0.3) is 0 Å². The van der Waals surface area contributed by atoms with E-state index in [1.807, 2.05) is 31.2 Å². The van der Waals surface area contributed by atoms with Crippen molar-refractivity contribution in [1.29, 1.82) is 0 Å². The highest BCUT2D eigenvalue weighted by Crippen LogP contribution is 2.46. The standard InChI is InChI=1S/C16H22N2O3/c1-12-6-3-4-7-13(12)18-15(20)16(8-9-16)14(19)17-10-5-11-21-2/h3-4,6-7H,5,8-11H2,1-2H3,(H,17,19)(H,18,20). The molecule has 2 amide bonds. The first-order valence-corrected chi connectivity index (χ1v) is 7.24. The molecule has 1 aliphatic rings. The van der Waals surface area contributed by atoms with Crippen molar-refractivity contribution < 1.29 is 14.3 Å². The third kappa shape index (κ3) is 3.61. The predicted molar refractivity (Wildman–Crippen MR) is 81.0 cm³/mol. The topological polar surface area (TPSA) is 67.4 Å². The van der Waals surface area contributed by atoms with Crippen LogP contribution in [0, 0.1) is 12.3 Å². The molecule has 1 saturated carbocycles. The Balaban J connectivity index is 1.92. The minimum Gasteiger partial charge on any atom is -0.385 e. The molecule has 2 rings (SSSR count). The molecular weight excluding hydrogens is 268 g/mol. The molecule has 0 saturated heterocycles. The third-order valence-corrected chi connectivity index (χ3v) is 3.82. The van der Waals surface area contributed by atoms with E-state index in [9.17, 15) is 9.59 Å². The van der Waals surface area contributed by atoms with Gasteiger partial charge in [-0.15, -0.1) is 0 Å². The number of aryl methyl sites for hydroxylation is 1. The molecule has 1 fully saturated rings. The highest BCUT2D eigenvalue weighted by molar-refractivity contribution is 6.13. The van der Waals surface area contributed by atoms with E-state index >= 15 is 0 Å². The lowest BCUT2D eigenvalue weighted by atomic mass is 10.0. The molecule has 1 aromatic rings. The molecule has 5 heteroatoms. The summed E-state index contributed by atoms with van der Waals surface area (Å²) in [5.41, 5.74) is 0.873. The summed E-state index contributed by atoms with van der Waals surface area (Å²) in [5, 5.41) is 5.69. The van der Waals surface area contributed by atoms with Gasteiger partial charge in [0, 0.05) is 25.9 Å². The van der Waals surface area contributed by atoms with Gasteiger partial charge in [0.05, 0.1) is 0 Å². The number of para-hydroxylation sites is 1. The minimum atomic E-state index is -0.880. The van der Waals surface area contributed by atoms with Crippen LogP contribution in [0.2, 0.25) is 0 Å². The van der Waals surface area contributed by atoms with Gasteiger partial charge in [-0.1, -0.05) is 18.2 Å². The summed E-state index contributed by atoms with van der Waals surface area (Å²) >= 11 is 0. The summed E-state index contributed by atoms with van der Waals surface area (Å²) in [6.07, 6.45) is 1.97. The predicted octanol–water partition coefficient (Wildman–Crippen LogP) is 1.87. The van der Waals surface area contributed by atoms with E-state index in [2.05, 4.69) is 10.6 Å². The number of amides is 2. The Morgan fingerprint density at radius 3 is 2.57 bits per heavy atom. The zero-order valence-electron chi connectivity index (χ0n) is 12.6. The second kappa shape index (κ2) is 6.72. The number of carbonyl (C=O) groups is 2. The second-order valence-corrected chi connectivity index (χ2v) is 5.45. The number of nitrogens with one attached hydrogen (secondary N) is 2. The third-order valence-electron chi connectivity index (χ3n) is 3.82. The monoisotopic (exact) mass is 290 g/mol. The zero-order valence-corrected chi connectivity index (χ0v) is 12.6. The van der Waals surface area contributed by atoms with Crippen LogP contribution in [-0.2, 0) is 14.3 Å². The molecule has 114 valence electrons. The van der Waals surface area contributed by atoms with Crippen LogP contribution in [-0.4, -0.2) is 32.1 Å². The Labute approximate surface area is 125 Å². The average Bonchev–Trinajstić information content (AvgIpc) is 3.27. The molecule has 5 nitrogen and oxygen atoms in total. The number of ether oxygens (including phenoxy) is 1. The lowest BCUT2D eigenvalue weighted by Gasteiger charge is -2.16. The van der Waals surface area contributed by atoms with E-state index in [1.165, 1.54) is 0 Å². The summed E-state index contributed by atoms with van der Waals surface area (Å²) in [6, 6.07) is 7.56. The first-order chi connectivity index (χ1) is 10.1. The summed E-state index contributed by atoms with van der Waals surface area (Å²) < 4.78 is 4.93. The van der Waals surface area contributed by atoms with Gasteiger partial charge in [-0.3, -0.25) is 9.59 Å². The molecular formula is C16H22N2O3. The molecule has 0 spiro atoms. The van der Waals surface area contributed by atoms with Gasteiger partial charge >= 0.3 is 0 Å². The van der Waals surface area contributed by atoms with Crippen molar-refractivity contribution in [3.63, 3.8) is 0 Å². The Morgan fingerprint density at radius 2 is 1.95 bits per heavy atom. The molecule has 0 heterocycles. The van der Waals surface area contributed by atoms with E-state index < -0.39 is 5.41 Å². The number of rotatable bonds is 7. The van der Waals surface area contributed by atoms with E-state index in [4.69, 9.17) is 4.74 Å². The summed E-state index contributed by atoms with van der Waals surface area (Å²) in [7, 11) is 1.62. The van der Waals surface area contributed by atoms with E-state index in [0.29, 0.717) is 26.0 Å². The quantitative estimate of drug-likeness (QED) is 0.595. The number of benzene rings is 1. The van der Waals surface area contributed by atoms with Gasteiger partial charge in [-0.05, 0) is 37.8 Å². The second-order valence-electron chi connectivity index (χ2n) is 5.45. The van der Waals surface area contributed by atoms with Gasteiger partial charge in [-0.2, -0.15) is 0 Å². The minimum absolute atomic E-state index is 0.176. The molecule has 2 N–H and O–H groups in total. The van der Waals surface area contributed by atoms with Crippen LogP contribution in [0.15, 0.2) is 24.3 Å². The lowest BCUT2D eigenvalue weighted by Crippen LogP contribution is -2.40. The maximum Gasteiger partial charge on any atom is 0.240 e. The first kappa shape index (κ1) is 15.5. The van der Waals surface area contributed by atoms with Crippen LogP contribution in [0.25, 0.3) is 0 Å². The Bertz CT molecular complexity index is 524. The molecule has 0 atom stereocenters. The van der Waals surface area contributed by atoms with E-state index in [-0.39, 0.29) is 11.8 Å². The Hall–Kier alpha value is -1.88. The molecule has 0 bridgehead atoms. The van der Waals surface area contributed by atoms with Gasteiger partial charge in [0.2, 0.25) is 11.8 Å². The van der Waals surface area contributed by atoms with E-state index in [0.717, 1.165) is 17.7 Å². The van der Waals surface area contributed by atoms with Gasteiger partial charge in [-0.25, -0.2) is 0 Å². The molecule has 1 aromatic carbocycles. The van der Waals surface area contributed by atoms with Gasteiger partial charge in [0.1, 0.15) is 5.41 Å². The maximum atomic E-state index is 12.4. The SMILES string of the molecule is COCCCNC(=O)C1(C(=O)Nc2ccccc2C)CC1. The molecule has 0 radical (unpaired) electrons. The fourth-order valence-electron chi connectivity index (χ4n) is 2.22. The smallest absolute Gasteiger partial charge is 0.240 e. The fraction of sp³-hybridized carbons (Fsp3) is 0.500. The van der Waals surface area contributed by atoms with Crippen LogP contribution < -0.4 is 10.6 Å². The number of methoxy groups -OCH3 is 1. The van der Waals surface area contributed by atoms with Crippen molar-refractivity contribution in [3.8, 4) is 0 Å². The molecule has 0 aromatic heterocycles. The largest absolute Gasteiger partial charge is 0.385 e. The maximum absolute atomic E-state index is 12.4. The van der Waals surface area contributed by atoms with Crippen LogP contribution in [0.5, 0.6) is 0 Å². The molecule has 1 aliphatic carbocycles. The molecule has 0 aliphatic heterocycles. The van der Waals surface area contributed by atoms with Crippen LogP contribution in [0.3, 0.4) is 0 Å².